The molecule has 3 heteroatoms. The van der Waals surface area contributed by atoms with Gasteiger partial charge in [0, 0.05) is 5.03 Å². The van der Waals surface area contributed by atoms with Crippen molar-refractivity contribution in [3.05, 3.63) is 41.4 Å². The third kappa shape index (κ3) is 2.81. The summed E-state index contributed by atoms with van der Waals surface area (Å²) in [6.07, 6.45) is 0. The molecular formula is C10H9ClN2. The van der Waals surface area contributed by atoms with Gasteiger partial charge in [-0.3, -0.25) is 0 Å². The van der Waals surface area contributed by atoms with Gasteiger partial charge in [-0.05, 0) is 12.1 Å². The Morgan fingerprint density at radius 2 is 2.23 bits per heavy atom. The lowest BCUT2D eigenvalue weighted by atomic mass is 10.2. The van der Waals surface area contributed by atoms with E-state index in [2.05, 4.69) is 18.0 Å². The molecule has 1 N–H and O–H groups in total. The molecule has 0 aliphatic rings. The highest BCUT2D eigenvalue weighted by Gasteiger charge is 1.98. The summed E-state index contributed by atoms with van der Waals surface area (Å²) in [5.41, 5.74) is 1.40. The summed E-state index contributed by atoms with van der Waals surface area (Å²) in [4.78, 5) is 0. The van der Waals surface area contributed by atoms with Crippen LogP contribution < -0.4 is 5.32 Å². The molecule has 1 aromatic carbocycles. The van der Waals surface area contributed by atoms with Crippen molar-refractivity contribution in [2.75, 3.05) is 11.9 Å². The summed E-state index contributed by atoms with van der Waals surface area (Å²) in [7, 11) is 0. The Balaban J connectivity index is 2.77. The van der Waals surface area contributed by atoms with Crippen molar-refractivity contribution in [2.24, 2.45) is 0 Å². The molecule has 0 aliphatic carbocycles. The average molecular weight is 193 g/mol. The predicted octanol–water partition coefficient (Wildman–Crippen LogP) is 2.72. The summed E-state index contributed by atoms with van der Waals surface area (Å²) < 4.78 is 0. The lowest BCUT2D eigenvalue weighted by Gasteiger charge is -2.05. The molecule has 0 unspecified atom stereocenters. The Morgan fingerprint density at radius 3 is 2.85 bits per heavy atom. The van der Waals surface area contributed by atoms with Crippen LogP contribution in [0.3, 0.4) is 0 Å². The minimum atomic E-state index is 0.472. The van der Waals surface area contributed by atoms with E-state index in [0.29, 0.717) is 17.1 Å². The van der Waals surface area contributed by atoms with E-state index >= 15 is 0 Å². The lowest BCUT2D eigenvalue weighted by Crippen LogP contribution is -2.02. The zero-order valence-corrected chi connectivity index (χ0v) is 7.80. The van der Waals surface area contributed by atoms with Crippen molar-refractivity contribution in [1.29, 1.82) is 5.26 Å². The molecule has 0 saturated carbocycles. The molecule has 0 aliphatic heterocycles. The monoisotopic (exact) mass is 192 g/mol. The van der Waals surface area contributed by atoms with E-state index in [-0.39, 0.29) is 0 Å². The number of nitrogens with zero attached hydrogens (tertiary/aromatic N) is 1. The second-order valence-electron chi connectivity index (χ2n) is 2.53. The molecule has 1 rings (SSSR count). The van der Waals surface area contributed by atoms with Crippen molar-refractivity contribution in [3.8, 4) is 6.07 Å². The standard InChI is InChI=1S/C10H9ClN2/c1-8(11)7-13-10-5-3-2-4-9(10)6-12/h2-5,13H,1,7H2. The average Bonchev–Trinajstić information content (AvgIpc) is 2.15. The van der Waals surface area contributed by atoms with Gasteiger partial charge in [-0.25, -0.2) is 0 Å². The van der Waals surface area contributed by atoms with Gasteiger partial charge in [0.1, 0.15) is 6.07 Å². The molecule has 0 spiro atoms. The maximum absolute atomic E-state index is 8.74. The predicted molar refractivity (Wildman–Crippen MR) is 54.6 cm³/mol. The highest BCUT2D eigenvalue weighted by atomic mass is 35.5. The van der Waals surface area contributed by atoms with E-state index in [1.807, 2.05) is 18.2 Å². The van der Waals surface area contributed by atoms with Gasteiger partial charge in [0.2, 0.25) is 0 Å². The fourth-order valence-corrected chi connectivity index (χ4v) is 0.993. The molecule has 1 aromatic rings. The van der Waals surface area contributed by atoms with Crippen molar-refractivity contribution >= 4 is 17.3 Å². The first-order valence-corrected chi connectivity index (χ1v) is 4.18. The largest absolute Gasteiger partial charge is 0.379 e. The number of hydrogen-bond acceptors (Lipinski definition) is 2. The fourth-order valence-electron chi connectivity index (χ4n) is 0.926. The number of benzene rings is 1. The quantitative estimate of drug-likeness (QED) is 0.800. The Labute approximate surface area is 82.4 Å². The van der Waals surface area contributed by atoms with E-state index in [1.54, 1.807) is 6.07 Å². The van der Waals surface area contributed by atoms with Gasteiger partial charge in [0.15, 0.2) is 0 Å². The van der Waals surface area contributed by atoms with Crippen LogP contribution in [0.25, 0.3) is 0 Å². The maximum Gasteiger partial charge on any atom is 0.101 e. The van der Waals surface area contributed by atoms with Crippen LogP contribution in [0, 0.1) is 11.3 Å². The van der Waals surface area contributed by atoms with Gasteiger partial charge in [-0.1, -0.05) is 30.3 Å². The Morgan fingerprint density at radius 1 is 1.54 bits per heavy atom. The summed E-state index contributed by atoms with van der Waals surface area (Å²) in [6.45, 7) is 4.02. The normalized spacial score (nSPS) is 8.92. The van der Waals surface area contributed by atoms with Crippen LogP contribution in [-0.4, -0.2) is 6.54 Å². The second kappa shape index (κ2) is 4.54. The van der Waals surface area contributed by atoms with Gasteiger partial charge >= 0.3 is 0 Å². The first-order chi connectivity index (χ1) is 6.24. The van der Waals surface area contributed by atoms with Crippen LogP contribution in [0.15, 0.2) is 35.9 Å². The van der Waals surface area contributed by atoms with Crippen molar-refractivity contribution in [2.45, 2.75) is 0 Å². The molecule has 2 nitrogen and oxygen atoms in total. The maximum atomic E-state index is 8.74. The zero-order chi connectivity index (χ0) is 9.68. The molecule has 0 radical (unpaired) electrons. The number of para-hydroxylation sites is 1. The van der Waals surface area contributed by atoms with E-state index in [0.717, 1.165) is 5.69 Å². The SMILES string of the molecule is C=C(Cl)CNc1ccccc1C#N. The summed E-state index contributed by atoms with van der Waals surface area (Å²) in [5, 5.41) is 12.3. The molecule has 0 bridgehead atoms. The third-order valence-corrected chi connectivity index (χ3v) is 1.65. The Bertz CT molecular complexity index is 352. The minimum absolute atomic E-state index is 0.472. The van der Waals surface area contributed by atoms with Gasteiger partial charge in [-0.15, -0.1) is 0 Å². The molecule has 13 heavy (non-hydrogen) atoms. The third-order valence-electron chi connectivity index (χ3n) is 1.52. The van der Waals surface area contributed by atoms with Gasteiger partial charge in [0.05, 0.1) is 17.8 Å². The number of nitriles is 1. The number of hydrogen-bond donors (Lipinski definition) is 1. The summed E-state index contributed by atoms with van der Waals surface area (Å²) in [6, 6.07) is 9.35. The van der Waals surface area contributed by atoms with Crippen molar-refractivity contribution in [1.82, 2.24) is 0 Å². The van der Waals surface area contributed by atoms with Crippen LogP contribution >= 0.6 is 11.6 Å². The number of halogens is 1. The molecule has 0 saturated heterocycles. The molecule has 0 amide bonds. The first kappa shape index (κ1) is 9.63. The van der Waals surface area contributed by atoms with Crippen LogP contribution in [0.1, 0.15) is 5.56 Å². The molecular weight excluding hydrogens is 184 g/mol. The Kier molecular flexibility index (Phi) is 3.36. The van der Waals surface area contributed by atoms with E-state index in [4.69, 9.17) is 16.9 Å². The van der Waals surface area contributed by atoms with Crippen LogP contribution in [0.5, 0.6) is 0 Å². The van der Waals surface area contributed by atoms with Crippen molar-refractivity contribution in [3.63, 3.8) is 0 Å². The first-order valence-electron chi connectivity index (χ1n) is 3.80. The molecule has 0 fully saturated rings. The molecule has 0 atom stereocenters. The smallest absolute Gasteiger partial charge is 0.101 e. The highest BCUT2D eigenvalue weighted by Crippen LogP contribution is 2.13. The number of anilines is 1. The fraction of sp³-hybridized carbons (Fsp3) is 0.100. The number of nitrogens with one attached hydrogen (secondary N) is 1. The van der Waals surface area contributed by atoms with Gasteiger partial charge < -0.3 is 5.32 Å². The highest BCUT2D eigenvalue weighted by molar-refractivity contribution is 6.29. The Hall–Kier alpha value is -1.46. The van der Waals surface area contributed by atoms with Crippen LogP contribution in [0.4, 0.5) is 5.69 Å². The van der Waals surface area contributed by atoms with Crippen molar-refractivity contribution < 1.29 is 0 Å². The minimum Gasteiger partial charge on any atom is -0.379 e. The van der Waals surface area contributed by atoms with Crippen LogP contribution in [-0.2, 0) is 0 Å². The molecule has 0 aromatic heterocycles. The lowest BCUT2D eigenvalue weighted by molar-refractivity contribution is 1.30. The van der Waals surface area contributed by atoms with E-state index in [9.17, 15) is 0 Å². The topological polar surface area (TPSA) is 35.8 Å². The molecule has 66 valence electrons. The summed E-state index contributed by atoms with van der Waals surface area (Å²) in [5.74, 6) is 0. The molecule has 0 heterocycles. The van der Waals surface area contributed by atoms with Gasteiger partial charge in [-0.2, -0.15) is 5.26 Å². The second-order valence-corrected chi connectivity index (χ2v) is 3.06. The van der Waals surface area contributed by atoms with E-state index in [1.165, 1.54) is 0 Å². The zero-order valence-electron chi connectivity index (χ0n) is 7.05. The number of rotatable bonds is 3. The van der Waals surface area contributed by atoms with E-state index < -0.39 is 0 Å². The van der Waals surface area contributed by atoms with Crippen LogP contribution in [0.2, 0.25) is 0 Å². The summed E-state index contributed by atoms with van der Waals surface area (Å²) >= 11 is 5.58. The van der Waals surface area contributed by atoms with Gasteiger partial charge in [0.25, 0.3) is 0 Å².